The molecule has 0 aliphatic heterocycles. The molecule has 0 N–H and O–H groups in total. The highest BCUT2D eigenvalue weighted by molar-refractivity contribution is 14.1. The van der Waals surface area contributed by atoms with Gasteiger partial charge >= 0.3 is 11.9 Å². The molecule has 1 rings (SSSR count). The molecule has 1 atom stereocenters. The summed E-state index contributed by atoms with van der Waals surface area (Å²) in [6.07, 6.45) is 2.43. The Morgan fingerprint density at radius 3 is 2.17 bits per heavy atom. The first-order valence-corrected chi connectivity index (χ1v) is 8.73. The van der Waals surface area contributed by atoms with Crippen molar-refractivity contribution in [2.45, 2.75) is 39.2 Å². The third-order valence-electron chi connectivity index (χ3n) is 3.26. The van der Waals surface area contributed by atoms with E-state index in [4.69, 9.17) is 14.2 Å². The Morgan fingerprint density at radius 2 is 1.65 bits per heavy atom. The third kappa shape index (κ3) is 7.30. The van der Waals surface area contributed by atoms with Crippen molar-refractivity contribution in [2.75, 3.05) is 20.3 Å². The lowest BCUT2D eigenvalue weighted by atomic mass is 10.1. The molecule has 0 heterocycles. The van der Waals surface area contributed by atoms with E-state index in [1.807, 2.05) is 13.8 Å². The first-order chi connectivity index (χ1) is 11.0. The van der Waals surface area contributed by atoms with Crippen molar-refractivity contribution in [3.8, 4) is 0 Å². The Morgan fingerprint density at radius 1 is 1.09 bits per heavy atom. The molecular weight excluding hydrogens is 411 g/mol. The van der Waals surface area contributed by atoms with Gasteiger partial charge in [0.2, 0.25) is 0 Å². The molecule has 0 amide bonds. The second kappa shape index (κ2) is 10.6. The molecule has 5 nitrogen and oxygen atoms in total. The fraction of sp³-hybridized carbons (Fsp3) is 0.529. The van der Waals surface area contributed by atoms with Crippen LogP contribution in [-0.4, -0.2) is 38.4 Å². The number of ether oxygens (including phenoxy) is 3. The van der Waals surface area contributed by atoms with E-state index in [9.17, 15) is 9.59 Å². The van der Waals surface area contributed by atoms with Gasteiger partial charge < -0.3 is 14.2 Å². The molecule has 0 bridgehead atoms. The van der Waals surface area contributed by atoms with Crippen molar-refractivity contribution in [1.29, 1.82) is 0 Å². The van der Waals surface area contributed by atoms with Gasteiger partial charge in [0.15, 0.2) is 0 Å². The highest BCUT2D eigenvalue weighted by Crippen LogP contribution is 2.15. The van der Waals surface area contributed by atoms with Gasteiger partial charge in [-0.15, -0.1) is 0 Å². The van der Waals surface area contributed by atoms with Crippen molar-refractivity contribution < 1.29 is 23.8 Å². The molecule has 1 aromatic rings. The predicted octanol–water partition coefficient (Wildman–Crippen LogP) is 3.83. The summed E-state index contributed by atoms with van der Waals surface area (Å²) in [6.45, 7) is 4.59. The van der Waals surface area contributed by atoms with E-state index in [1.54, 1.807) is 19.2 Å². The van der Waals surface area contributed by atoms with E-state index < -0.39 is 11.9 Å². The molecule has 0 radical (unpaired) electrons. The molecule has 0 saturated carbocycles. The van der Waals surface area contributed by atoms with E-state index in [0.29, 0.717) is 24.2 Å². The highest BCUT2D eigenvalue weighted by atomic mass is 127. The van der Waals surface area contributed by atoms with E-state index in [2.05, 4.69) is 22.6 Å². The summed E-state index contributed by atoms with van der Waals surface area (Å²) in [6, 6.07) is 4.89. The number of halogens is 1. The topological polar surface area (TPSA) is 61.8 Å². The Labute approximate surface area is 150 Å². The second-order valence-electron chi connectivity index (χ2n) is 5.19. The number of carbonyl (C=O) groups excluding carboxylic acids is 2. The summed E-state index contributed by atoms with van der Waals surface area (Å²) in [5.41, 5.74) is 0.717. The number of hydrogen-bond acceptors (Lipinski definition) is 5. The van der Waals surface area contributed by atoms with Gasteiger partial charge in [0.25, 0.3) is 0 Å². The van der Waals surface area contributed by atoms with Crippen LogP contribution in [-0.2, 0) is 14.2 Å². The Balaban J connectivity index is 2.68. The zero-order valence-electron chi connectivity index (χ0n) is 13.8. The SMILES string of the molecule is CCCCOC(=O)c1cc(I)cc(C(=O)OCC[C@H](C)OC)c1. The minimum atomic E-state index is -0.450. The fourth-order valence-electron chi connectivity index (χ4n) is 1.74. The quantitative estimate of drug-likeness (QED) is 0.336. The molecule has 0 aromatic heterocycles. The van der Waals surface area contributed by atoms with Crippen LogP contribution in [0, 0.1) is 3.57 Å². The van der Waals surface area contributed by atoms with E-state index in [1.165, 1.54) is 6.07 Å². The van der Waals surface area contributed by atoms with Crippen molar-refractivity contribution in [3.05, 3.63) is 32.9 Å². The minimum Gasteiger partial charge on any atom is -0.462 e. The molecule has 0 aliphatic carbocycles. The molecule has 0 saturated heterocycles. The zero-order chi connectivity index (χ0) is 17.2. The van der Waals surface area contributed by atoms with Crippen LogP contribution in [0.1, 0.15) is 53.8 Å². The maximum absolute atomic E-state index is 12.1. The van der Waals surface area contributed by atoms with E-state index in [-0.39, 0.29) is 12.7 Å². The van der Waals surface area contributed by atoms with Crippen LogP contribution in [0.3, 0.4) is 0 Å². The third-order valence-corrected chi connectivity index (χ3v) is 3.88. The molecule has 1 aromatic carbocycles. The zero-order valence-corrected chi connectivity index (χ0v) is 15.9. The lowest BCUT2D eigenvalue weighted by molar-refractivity contribution is 0.0391. The molecule has 0 aliphatic rings. The van der Waals surface area contributed by atoms with Gasteiger partial charge in [0.1, 0.15) is 0 Å². The van der Waals surface area contributed by atoms with E-state index in [0.717, 1.165) is 16.4 Å². The second-order valence-corrected chi connectivity index (χ2v) is 6.43. The number of methoxy groups -OCH3 is 1. The number of carbonyl (C=O) groups is 2. The van der Waals surface area contributed by atoms with Gasteiger partial charge in [-0.1, -0.05) is 13.3 Å². The minimum absolute atomic E-state index is 0.0304. The Hall–Kier alpha value is -1.15. The van der Waals surface area contributed by atoms with Crippen LogP contribution in [0.4, 0.5) is 0 Å². The predicted molar refractivity (Wildman–Crippen MR) is 95.7 cm³/mol. The maximum Gasteiger partial charge on any atom is 0.338 e. The van der Waals surface area contributed by atoms with Gasteiger partial charge in [-0.2, -0.15) is 0 Å². The van der Waals surface area contributed by atoms with Crippen LogP contribution >= 0.6 is 22.6 Å². The van der Waals surface area contributed by atoms with Crippen LogP contribution < -0.4 is 0 Å². The smallest absolute Gasteiger partial charge is 0.338 e. The lowest BCUT2D eigenvalue weighted by Gasteiger charge is -2.10. The number of hydrogen-bond donors (Lipinski definition) is 0. The van der Waals surface area contributed by atoms with E-state index >= 15 is 0 Å². The van der Waals surface area contributed by atoms with Crippen LogP contribution in [0.15, 0.2) is 18.2 Å². The molecule has 0 unspecified atom stereocenters. The summed E-state index contributed by atoms with van der Waals surface area (Å²) in [5, 5.41) is 0. The van der Waals surface area contributed by atoms with Crippen molar-refractivity contribution in [1.82, 2.24) is 0 Å². The Bertz CT molecular complexity index is 530. The molecule has 0 spiro atoms. The number of rotatable bonds is 9. The molecule has 23 heavy (non-hydrogen) atoms. The van der Waals surface area contributed by atoms with Gasteiger partial charge in [-0.3, -0.25) is 0 Å². The van der Waals surface area contributed by atoms with Crippen molar-refractivity contribution in [3.63, 3.8) is 0 Å². The number of benzene rings is 1. The average Bonchev–Trinajstić information content (AvgIpc) is 2.54. The van der Waals surface area contributed by atoms with Crippen LogP contribution in [0.25, 0.3) is 0 Å². The summed E-state index contributed by atoms with van der Waals surface area (Å²) in [5.74, 6) is -0.867. The van der Waals surface area contributed by atoms with Crippen LogP contribution in [0.5, 0.6) is 0 Å². The summed E-state index contributed by atoms with van der Waals surface area (Å²) >= 11 is 2.06. The monoisotopic (exact) mass is 434 g/mol. The normalized spacial score (nSPS) is 11.8. The average molecular weight is 434 g/mol. The maximum atomic E-state index is 12.1. The standard InChI is InChI=1S/C17H23IO5/c1-4-5-7-22-16(19)13-9-14(11-15(18)10-13)17(20)23-8-6-12(2)21-3/h9-12H,4-8H2,1-3H3/t12-/m0/s1. The first-order valence-electron chi connectivity index (χ1n) is 7.65. The number of unbranched alkanes of at least 4 members (excludes halogenated alkanes) is 1. The van der Waals surface area contributed by atoms with Gasteiger partial charge in [0, 0.05) is 17.1 Å². The number of esters is 2. The summed E-state index contributed by atoms with van der Waals surface area (Å²) in [4.78, 5) is 24.1. The molecular formula is C17H23IO5. The van der Waals surface area contributed by atoms with Crippen molar-refractivity contribution >= 4 is 34.5 Å². The highest BCUT2D eigenvalue weighted by Gasteiger charge is 2.15. The van der Waals surface area contributed by atoms with Crippen molar-refractivity contribution in [2.24, 2.45) is 0 Å². The fourth-order valence-corrected chi connectivity index (χ4v) is 2.41. The molecule has 0 fully saturated rings. The summed E-state index contributed by atoms with van der Waals surface area (Å²) < 4.78 is 16.3. The molecule has 6 heteroatoms. The summed E-state index contributed by atoms with van der Waals surface area (Å²) in [7, 11) is 1.61. The van der Waals surface area contributed by atoms with Gasteiger partial charge in [-0.25, -0.2) is 9.59 Å². The Kier molecular flexibility index (Phi) is 9.16. The van der Waals surface area contributed by atoms with Crippen LogP contribution in [0.2, 0.25) is 0 Å². The first kappa shape index (κ1) is 19.9. The lowest BCUT2D eigenvalue weighted by Crippen LogP contribution is -2.14. The van der Waals surface area contributed by atoms with Gasteiger partial charge in [-0.05, 0) is 54.1 Å². The molecule has 128 valence electrons. The van der Waals surface area contributed by atoms with Gasteiger partial charge in [0.05, 0.1) is 30.4 Å². The largest absolute Gasteiger partial charge is 0.462 e.